The molecule has 2 heteroatoms. The van der Waals surface area contributed by atoms with Gasteiger partial charge in [-0.3, -0.25) is 4.79 Å². The zero-order valence-corrected chi connectivity index (χ0v) is 13.0. The number of carbonyl (C=O) groups is 1. The van der Waals surface area contributed by atoms with E-state index in [2.05, 4.69) is 20.8 Å². The molecule has 0 aromatic carbocycles. The Kier molecular flexibility index (Phi) is 10.1. The van der Waals surface area contributed by atoms with Crippen molar-refractivity contribution in [3.8, 4) is 0 Å². The van der Waals surface area contributed by atoms with E-state index >= 15 is 0 Å². The highest BCUT2D eigenvalue weighted by Crippen LogP contribution is 2.16. The normalized spacial score (nSPS) is 13.1. The maximum Gasteiger partial charge on any atom is 0.308 e. The highest BCUT2D eigenvalue weighted by molar-refractivity contribution is 5.72. The summed E-state index contributed by atoms with van der Waals surface area (Å²) in [6.45, 7) is 11.5. The lowest BCUT2D eigenvalue weighted by Crippen LogP contribution is -2.17. The lowest BCUT2D eigenvalue weighted by Gasteiger charge is -2.15. The van der Waals surface area contributed by atoms with Crippen LogP contribution in [-0.2, 0) is 9.53 Å². The first-order chi connectivity index (χ1) is 8.51. The van der Waals surface area contributed by atoms with Gasteiger partial charge in [0.1, 0.15) is 0 Å². The average molecular weight is 256 g/mol. The molecule has 0 aromatic heterocycles. The van der Waals surface area contributed by atoms with Crippen LogP contribution in [0.1, 0.15) is 73.1 Å². The van der Waals surface area contributed by atoms with Crippen LogP contribution in [0.15, 0.2) is 0 Å². The predicted molar refractivity (Wildman–Crippen MR) is 77.5 cm³/mol. The van der Waals surface area contributed by atoms with Gasteiger partial charge < -0.3 is 4.74 Å². The van der Waals surface area contributed by atoms with Crippen molar-refractivity contribution in [1.82, 2.24) is 0 Å². The highest BCUT2D eigenvalue weighted by atomic mass is 16.5. The number of carbonyl (C=O) groups excluding carboxylic acids is 1. The Morgan fingerprint density at radius 2 is 1.61 bits per heavy atom. The first-order valence-electron chi connectivity index (χ1n) is 7.67. The van der Waals surface area contributed by atoms with Gasteiger partial charge in [-0.15, -0.1) is 0 Å². The van der Waals surface area contributed by atoms with Crippen LogP contribution in [0.25, 0.3) is 0 Å². The molecule has 0 fully saturated rings. The van der Waals surface area contributed by atoms with Crippen molar-refractivity contribution in [1.29, 1.82) is 0 Å². The van der Waals surface area contributed by atoms with Crippen molar-refractivity contribution in [2.45, 2.75) is 73.1 Å². The van der Waals surface area contributed by atoms with Crippen molar-refractivity contribution < 1.29 is 9.53 Å². The van der Waals surface area contributed by atoms with Crippen LogP contribution in [0.5, 0.6) is 0 Å². The molecule has 0 saturated heterocycles. The summed E-state index contributed by atoms with van der Waals surface area (Å²) < 4.78 is 5.35. The van der Waals surface area contributed by atoms with Crippen LogP contribution in [0.4, 0.5) is 0 Å². The average Bonchev–Trinajstić information content (AvgIpc) is 2.30. The van der Waals surface area contributed by atoms with Crippen molar-refractivity contribution in [2.75, 3.05) is 6.61 Å². The molecule has 1 unspecified atom stereocenters. The Morgan fingerprint density at radius 1 is 1.00 bits per heavy atom. The van der Waals surface area contributed by atoms with E-state index in [1.165, 1.54) is 19.3 Å². The summed E-state index contributed by atoms with van der Waals surface area (Å²) in [5.74, 6) is 1.55. The monoisotopic (exact) mass is 256 g/mol. The van der Waals surface area contributed by atoms with Crippen LogP contribution in [-0.4, -0.2) is 12.6 Å². The molecule has 18 heavy (non-hydrogen) atoms. The van der Waals surface area contributed by atoms with Gasteiger partial charge in [0.05, 0.1) is 12.5 Å². The van der Waals surface area contributed by atoms with E-state index in [0.717, 1.165) is 25.2 Å². The van der Waals surface area contributed by atoms with Crippen LogP contribution in [0.2, 0.25) is 0 Å². The molecule has 0 aromatic rings. The minimum atomic E-state index is -0.00520. The maximum atomic E-state index is 11.7. The molecule has 0 spiro atoms. The Balaban J connectivity index is 3.61. The maximum absolute atomic E-state index is 11.7. The Bertz CT molecular complexity index is 207. The third-order valence-corrected chi connectivity index (χ3v) is 3.65. The fourth-order valence-electron chi connectivity index (χ4n) is 2.12. The quantitative estimate of drug-likeness (QED) is 0.524. The van der Waals surface area contributed by atoms with Crippen molar-refractivity contribution in [2.24, 2.45) is 17.8 Å². The van der Waals surface area contributed by atoms with E-state index in [0.29, 0.717) is 12.5 Å². The second-order valence-corrected chi connectivity index (χ2v) is 5.90. The van der Waals surface area contributed by atoms with Gasteiger partial charge in [-0.05, 0) is 31.1 Å². The van der Waals surface area contributed by atoms with Gasteiger partial charge in [0.25, 0.3) is 0 Å². The number of rotatable bonds is 10. The molecule has 2 nitrogen and oxygen atoms in total. The smallest absolute Gasteiger partial charge is 0.308 e. The van der Waals surface area contributed by atoms with Gasteiger partial charge in [-0.1, -0.05) is 53.9 Å². The fourth-order valence-corrected chi connectivity index (χ4v) is 2.12. The van der Waals surface area contributed by atoms with E-state index in [1.807, 2.05) is 13.8 Å². The Hall–Kier alpha value is -0.530. The molecule has 0 rings (SSSR count). The SMILES string of the molecule is CCC(CC)C(=O)OCCC(C)CCCC(C)C. The van der Waals surface area contributed by atoms with Gasteiger partial charge in [0.15, 0.2) is 0 Å². The minimum Gasteiger partial charge on any atom is -0.465 e. The summed E-state index contributed by atoms with van der Waals surface area (Å²) in [6.07, 6.45) is 6.63. The minimum absolute atomic E-state index is 0.00520. The molecular formula is C16H32O2. The van der Waals surface area contributed by atoms with E-state index < -0.39 is 0 Å². The summed E-state index contributed by atoms with van der Waals surface area (Å²) >= 11 is 0. The Labute approximate surface area is 113 Å². The molecule has 0 heterocycles. The lowest BCUT2D eigenvalue weighted by molar-refractivity contribution is -0.149. The molecule has 0 amide bonds. The van der Waals surface area contributed by atoms with E-state index in [9.17, 15) is 4.79 Å². The summed E-state index contributed by atoms with van der Waals surface area (Å²) in [5.41, 5.74) is 0. The van der Waals surface area contributed by atoms with Gasteiger partial charge in [-0.2, -0.15) is 0 Å². The number of ether oxygens (including phenoxy) is 1. The molecule has 0 aliphatic heterocycles. The summed E-state index contributed by atoms with van der Waals surface area (Å²) in [4.78, 5) is 11.7. The molecule has 0 saturated carbocycles. The predicted octanol–water partition coefficient (Wildman–Crippen LogP) is 4.82. The summed E-state index contributed by atoms with van der Waals surface area (Å²) in [5, 5.41) is 0. The molecule has 0 aliphatic rings. The molecule has 108 valence electrons. The van der Waals surface area contributed by atoms with E-state index in [1.54, 1.807) is 0 Å². The second-order valence-electron chi connectivity index (χ2n) is 5.90. The zero-order valence-electron chi connectivity index (χ0n) is 13.0. The Morgan fingerprint density at radius 3 is 2.11 bits per heavy atom. The van der Waals surface area contributed by atoms with Crippen LogP contribution in [0.3, 0.4) is 0 Å². The molecule has 0 radical (unpaired) electrons. The summed E-state index contributed by atoms with van der Waals surface area (Å²) in [6, 6.07) is 0. The molecule has 0 bridgehead atoms. The number of hydrogen-bond acceptors (Lipinski definition) is 2. The summed E-state index contributed by atoms with van der Waals surface area (Å²) in [7, 11) is 0. The molecule has 0 N–H and O–H groups in total. The van der Waals surface area contributed by atoms with E-state index in [-0.39, 0.29) is 11.9 Å². The van der Waals surface area contributed by atoms with Crippen molar-refractivity contribution >= 4 is 5.97 Å². The molecule has 0 aliphatic carbocycles. The zero-order chi connectivity index (χ0) is 14.0. The first kappa shape index (κ1) is 17.5. The van der Waals surface area contributed by atoms with Crippen molar-refractivity contribution in [3.63, 3.8) is 0 Å². The standard InChI is InChI=1S/C16H32O2/c1-6-15(7-2)16(17)18-12-11-14(5)10-8-9-13(3)4/h13-15H,6-12H2,1-5H3. The van der Waals surface area contributed by atoms with Crippen molar-refractivity contribution in [3.05, 3.63) is 0 Å². The van der Waals surface area contributed by atoms with Gasteiger partial charge >= 0.3 is 5.97 Å². The second kappa shape index (κ2) is 10.4. The van der Waals surface area contributed by atoms with Gasteiger partial charge in [0.2, 0.25) is 0 Å². The van der Waals surface area contributed by atoms with Crippen LogP contribution in [0, 0.1) is 17.8 Å². The molecular weight excluding hydrogens is 224 g/mol. The number of hydrogen-bond donors (Lipinski definition) is 0. The van der Waals surface area contributed by atoms with Gasteiger partial charge in [0, 0.05) is 0 Å². The topological polar surface area (TPSA) is 26.3 Å². The van der Waals surface area contributed by atoms with E-state index in [4.69, 9.17) is 4.74 Å². The third kappa shape index (κ3) is 8.54. The lowest BCUT2D eigenvalue weighted by atomic mass is 9.97. The largest absolute Gasteiger partial charge is 0.465 e. The fraction of sp³-hybridized carbons (Fsp3) is 0.938. The van der Waals surface area contributed by atoms with Crippen LogP contribution >= 0.6 is 0 Å². The first-order valence-corrected chi connectivity index (χ1v) is 7.67. The van der Waals surface area contributed by atoms with Gasteiger partial charge in [-0.25, -0.2) is 0 Å². The highest BCUT2D eigenvalue weighted by Gasteiger charge is 2.15. The third-order valence-electron chi connectivity index (χ3n) is 3.65. The van der Waals surface area contributed by atoms with Crippen LogP contribution < -0.4 is 0 Å². The molecule has 1 atom stereocenters. The number of esters is 1.